The number of rotatable bonds is 6. The summed E-state index contributed by atoms with van der Waals surface area (Å²) < 4.78 is 5.12. The molecule has 0 fully saturated rings. The minimum Gasteiger partial charge on any atom is -0.361 e. The van der Waals surface area contributed by atoms with Gasteiger partial charge in [-0.2, -0.15) is 0 Å². The molecule has 1 atom stereocenters. The van der Waals surface area contributed by atoms with Crippen LogP contribution in [0.15, 0.2) is 34.9 Å². The molecule has 21 heavy (non-hydrogen) atoms. The van der Waals surface area contributed by atoms with Crippen LogP contribution in [0.3, 0.4) is 0 Å². The van der Waals surface area contributed by atoms with Crippen molar-refractivity contribution in [3.8, 4) is 0 Å². The zero-order valence-corrected chi connectivity index (χ0v) is 12.6. The van der Waals surface area contributed by atoms with E-state index in [2.05, 4.69) is 15.8 Å². The quantitative estimate of drug-likeness (QED) is 0.857. The van der Waals surface area contributed by atoms with Gasteiger partial charge in [0.1, 0.15) is 5.76 Å². The number of aromatic nitrogens is 1. The fraction of sp³-hybridized carbons (Fsp3) is 0.375. The summed E-state index contributed by atoms with van der Waals surface area (Å²) >= 11 is 0. The van der Waals surface area contributed by atoms with Crippen molar-refractivity contribution in [2.75, 3.05) is 5.32 Å². The summed E-state index contributed by atoms with van der Waals surface area (Å²) in [7, 11) is 0. The molecule has 5 heteroatoms. The molecule has 0 aliphatic rings. The lowest BCUT2D eigenvalue weighted by Gasteiger charge is -2.13. The molecule has 0 aliphatic carbocycles. The largest absolute Gasteiger partial charge is 0.361 e. The summed E-state index contributed by atoms with van der Waals surface area (Å²) in [5.74, 6) is 0.820. The smallest absolute Gasteiger partial charge is 0.225 e. The molecule has 0 radical (unpaired) electrons. The second-order valence-corrected chi connectivity index (χ2v) is 5.20. The van der Waals surface area contributed by atoms with Crippen LogP contribution >= 0.6 is 0 Å². The first-order valence-corrected chi connectivity index (χ1v) is 7.06. The average molecular weight is 287 g/mol. The third kappa shape index (κ3) is 4.43. The van der Waals surface area contributed by atoms with E-state index in [-0.39, 0.29) is 11.9 Å². The van der Waals surface area contributed by atoms with Crippen LogP contribution in [0.4, 0.5) is 5.69 Å². The van der Waals surface area contributed by atoms with E-state index < -0.39 is 0 Å². The Labute approximate surface area is 124 Å². The van der Waals surface area contributed by atoms with Gasteiger partial charge in [-0.25, -0.2) is 0 Å². The summed E-state index contributed by atoms with van der Waals surface area (Å²) in [5, 5.41) is 10.1. The monoisotopic (exact) mass is 287 g/mol. The second-order valence-electron chi connectivity index (χ2n) is 5.20. The predicted molar refractivity (Wildman–Crippen MR) is 82.0 cm³/mol. The molecule has 1 aromatic heterocycles. The minimum atomic E-state index is -0.0000347. The molecule has 2 aromatic rings. The Bertz CT molecular complexity index is 573. The van der Waals surface area contributed by atoms with Crippen molar-refractivity contribution in [1.82, 2.24) is 10.5 Å². The lowest BCUT2D eigenvalue weighted by atomic mass is 10.1. The molecular weight excluding hydrogens is 266 g/mol. The first kappa shape index (κ1) is 15.3. The van der Waals surface area contributed by atoms with E-state index in [1.807, 2.05) is 51.1 Å². The molecule has 0 saturated carbocycles. The van der Waals surface area contributed by atoms with Crippen LogP contribution in [0.25, 0.3) is 0 Å². The van der Waals surface area contributed by atoms with Gasteiger partial charge in [-0.1, -0.05) is 23.4 Å². The van der Waals surface area contributed by atoms with E-state index in [9.17, 15) is 4.79 Å². The number of hydrogen-bond acceptors (Lipinski definition) is 4. The predicted octanol–water partition coefficient (Wildman–Crippen LogP) is 2.80. The number of carbonyl (C=O) groups excluding carboxylic acids is 1. The number of para-hydroxylation sites is 1. The van der Waals surface area contributed by atoms with Crippen LogP contribution in [0.1, 0.15) is 30.4 Å². The molecule has 2 N–H and O–H groups in total. The molecule has 1 heterocycles. The second kappa shape index (κ2) is 7.04. The number of benzene rings is 1. The molecule has 112 valence electrons. The first-order chi connectivity index (χ1) is 10.1. The highest BCUT2D eigenvalue weighted by molar-refractivity contribution is 5.90. The fourth-order valence-electron chi connectivity index (χ4n) is 2.11. The number of hydrogen-bond donors (Lipinski definition) is 2. The van der Waals surface area contributed by atoms with Crippen LogP contribution in [0.5, 0.6) is 0 Å². The normalized spacial score (nSPS) is 12.1. The van der Waals surface area contributed by atoms with Crippen LogP contribution in [0, 0.1) is 13.8 Å². The molecule has 1 amide bonds. The Balaban J connectivity index is 1.79. The molecule has 0 aliphatic heterocycles. The number of amides is 1. The summed E-state index contributed by atoms with van der Waals surface area (Å²) in [5.41, 5.74) is 2.77. The van der Waals surface area contributed by atoms with E-state index in [1.54, 1.807) is 0 Å². The van der Waals surface area contributed by atoms with Crippen molar-refractivity contribution >= 4 is 11.6 Å². The maximum absolute atomic E-state index is 11.9. The third-order valence-corrected chi connectivity index (χ3v) is 3.36. The molecule has 1 aromatic carbocycles. The fourth-order valence-corrected chi connectivity index (χ4v) is 2.11. The Morgan fingerprint density at radius 3 is 2.62 bits per heavy atom. The Morgan fingerprint density at radius 2 is 2.00 bits per heavy atom. The highest BCUT2D eigenvalue weighted by atomic mass is 16.5. The number of carbonyl (C=O) groups is 1. The molecule has 0 bridgehead atoms. The molecule has 2 rings (SSSR count). The lowest BCUT2D eigenvalue weighted by Crippen LogP contribution is -2.30. The van der Waals surface area contributed by atoms with Crippen LogP contribution in [0.2, 0.25) is 0 Å². The van der Waals surface area contributed by atoms with Crippen molar-refractivity contribution < 1.29 is 9.32 Å². The van der Waals surface area contributed by atoms with Gasteiger partial charge < -0.3 is 15.2 Å². The summed E-state index contributed by atoms with van der Waals surface area (Å²) in [6, 6.07) is 9.54. The highest BCUT2D eigenvalue weighted by Crippen LogP contribution is 2.12. The Hall–Kier alpha value is -2.14. The standard InChI is InChI=1S/C16H21N3O2/c1-11(17-10-15-12(2)19-21-13(15)3)9-16(20)18-14-7-5-4-6-8-14/h4-8,11,17H,9-10H2,1-3H3,(H,18,20)/t11-/m1/s1. The number of anilines is 1. The van der Waals surface area contributed by atoms with Crippen molar-refractivity contribution in [1.29, 1.82) is 0 Å². The van der Waals surface area contributed by atoms with Gasteiger partial charge in [0.2, 0.25) is 5.91 Å². The lowest BCUT2D eigenvalue weighted by molar-refractivity contribution is -0.116. The van der Waals surface area contributed by atoms with Gasteiger partial charge in [0.15, 0.2) is 0 Å². The van der Waals surface area contributed by atoms with E-state index in [4.69, 9.17) is 4.52 Å². The van der Waals surface area contributed by atoms with Gasteiger partial charge >= 0.3 is 0 Å². The summed E-state index contributed by atoms with van der Waals surface area (Å²) in [6.45, 7) is 6.45. The third-order valence-electron chi connectivity index (χ3n) is 3.36. The van der Waals surface area contributed by atoms with E-state index >= 15 is 0 Å². The van der Waals surface area contributed by atoms with Crippen molar-refractivity contribution in [2.45, 2.75) is 39.8 Å². The number of nitrogens with one attached hydrogen (secondary N) is 2. The zero-order chi connectivity index (χ0) is 15.2. The molecule has 0 saturated heterocycles. The van der Waals surface area contributed by atoms with Crippen LogP contribution in [-0.4, -0.2) is 17.1 Å². The van der Waals surface area contributed by atoms with Gasteiger partial charge in [-0.3, -0.25) is 4.79 Å². The summed E-state index contributed by atoms with van der Waals surface area (Å²) in [6.07, 6.45) is 0.415. The summed E-state index contributed by atoms with van der Waals surface area (Å²) in [4.78, 5) is 11.9. The van der Waals surface area contributed by atoms with Gasteiger partial charge in [0.25, 0.3) is 0 Å². The van der Waals surface area contributed by atoms with Crippen LogP contribution < -0.4 is 10.6 Å². The van der Waals surface area contributed by atoms with E-state index in [1.165, 1.54) is 0 Å². The maximum atomic E-state index is 11.9. The highest BCUT2D eigenvalue weighted by Gasteiger charge is 2.12. The minimum absolute atomic E-state index is 0.0000347. The SMILES string of the molecule is Cc1noc(C)c1CN[C@H](C)CC(=O)Nc1ccccc1. The van der Waals surface area contributed by atoms with Gasteiger partial charge in [0.05, 0.1) is 5.69 Å². The molecule has 0 spiro atoms. The Kier molecular flexibility index (Phi) is 5.11. The average Bonchev–Trinajstić information content (AvgIpc) is 2.77. The van der Waals surface area contributed by atoms with Gasteiger partial charge in [-0.05, 0) is 32.9 Å². The van der Waals surface area contributed by atoms with Gasteiger partial charge in [-0.15, -0.1) is 0 Å². The molecule has 5 nitrogen and oxygen atoms in total. The van der Waals surface area contributed by atoms with E-state index in [0.29, 0.717) is 13.0 Å². The maximum Gasteiger partial charge on any atom is 0.225 e. The van der Waals surface area contributed by atoms with Crippen molar-refractivity contribution in [2.24, 2.45) is 0 Å². The number of nitrogens with zero attached hydrogens (tertiary/aromatic N) is 1. The van der Waals surface area contributed by atoms with Gasteiger partial charge in [0, 0.05) is 30.3 Å². The van der Waals surface area contributed by atoms with E-state index in [0.717, 1.165) is 22.7 Å². The van der Waals surface area contributed by atoms with Crippen molar-refractivity contribution in [3.63, 3.8) is 0 Å². The van der Waals surface area contributed by atoms with Crippen molar-refractivity contribution in [3.05, 3.63) is 47.3 Å². The molecular formula is C16H21N3O2. The topological polar surface area (TPSA) is 67.2 Å². The van der Waals surface area contributed by atoms with Crippen LogP contribution in [-0.2, 0) is 11.3 Å². The molecule has 0 unspecified atom stereocenters. The number of aryl methyl sites for hydroxylation is 2. The Morgan fingerprint density at radius 1 is 1.29 bits per heavy atom. The first-order valence-electron chi connectivity index (χ1n) is 7.06. The zero-order valence-electron chi connectivity index (χ0n) is 12.6.